The van der Waals surface area contributed by atoms with E-state index in [1.165, 1.54) is 44.2 Å². The van der Waals surface area contributed by atoms with E-state index in [0.717, 1.165) is 36.9 Å². The van der Waals surface area contributed by atoms with Crippen LogP contribution in [0.2, 0.25) is 0 Å². The lowest BCUT2D eigenvalue weighted by atomic mass is 9.86. The van der Waals surface area contributed by atoms with E-state index in [9.17, 15) is 4.79 Å². The lowest BCUT2D eigenvalue weighted by Crippen LogP contribution is -2.27. The Balaban J connectivity index is 1.28. The van der Waals surface area contributed by atoms with E-state index in [1.807, 2.05) is 0 Å². The highest BCUT2D eigenvalue weighted by atomic mass is 16.1. The van der Waals surface area contributed by atoms with Gasteiger partial charge in [0, 0.05) is 18.7 Å². The fourth-order valence-corrected chi connectivity index (χ4v) is 4.69. The zero-order valence-electron chi connectivity index (χ0n) is 12.7. The highest BCUT2D eigenvalue weighted by Crippen LogP contribution is 2.49. The smallest absolute Gasteiger partial charge is 0.220 e. The Morgan fingerprint density at radius 3 is 3.05 bits per heavy atom. The van der Waals surface area contributed by atoms with E-state index in [0.29, 0.717) is 12.5 Å². The van der Waals surface area contributed by atoms with Gasteiger partial charge in [-0.05, 0) is 62.3 Å². The SMILES string of the molecule is O=C(CC1CC2CCC1C2)NCc1cc2n(n1)CCCC2. The van der Waals surface area contributed by atoms with Crippen molar-refractivity contribution in [1.29, 1.82) is 0 Å². The van der Waals surface area contributed by atoms with Crippen molar-refractivity contribution in [3.63, 3.8) is 0 Å². The fraction of sp³-hybridized carbons (Fsp3) is 0.765. The standard InChI is InChI=1S/C17H25N3O/c21-17(9-14-8-12-4-5-13(14)7-12)18-11-15-10-16-3-1-2-6-20(16)19-15/h10,12-14H,1-9,11H2,(H,18,21). The number of aromatic nitrogens is 2. The van der Waals surface area contributed by atoms with E-state index in [4.69, 9.17) is 0 Å². The molecule has 2 saturated carbocycles. The summed E-state index contributed by atoms with van der Waals surface area (Å²) in [7, 11) is 0. The summed E-state index contributed by atoms with van der Waals surface area (Å²) >= 11 is 0. The number of carbonyl (C=O) groups excluding carboxylic acids is 1. The van der Waals surface area contributed by atoms with Crippen LogP contribution in [0, 0.1) is 17.8 Å². The Morgan fingerprint density at radius 2 is 2.29 bits per heavy atom. The summed E-state index contributed by atoms with van der Waals surface area (Å²) in [6.07, 6.45) is 9.79. The van der Waals surface area contributed by atoms with Crippen LogP contribution in [0.1, 0.15) is 56.3 Å². The summed E-state index contributed by atoms with van der Waals surface area (Å²) < 4.78 is 2.11. The number of nitrogens with zero attached hydrogens (tertiary/aromatic N) is 2. The lowest BCUT2D eigenvalue weighted by molar-refractivity contribution is -0.122. The lowest BCUT2D eigenvalue weighted by Gasteiger charge is -2.20. The average Bonchev–Trinajstić information content (AvgIpc) is 3.19. The minimum absolute atomic E-state index is 0.221. The first-order valence-corrected chi connectivity index (χ1v) is 8.60. The van der Waals surface area contributed by atoms with Crippen molar-refractivity contribution in [2.45, 2.75) is 64.5 Å². The summed E-state index contributed by atoms with van der Waals surface area (Å²) in [5.74, 6) is 2.63. The van der Waals surface area contributed by atoms with Crippen LogP contribution in [-0.4, -0.2) is 15.7 Å². The van der Waals surface area contributed by atoms with Gasteiger partial charge < -0.3 is 5.32 Å². The van der Waals surface area contributed by atoms with Crippen LogP contribution in [0.15, 0.2) is 6.07 Å². The first-order chi connectivity index (χ1) is 10.3. The normalized spacial score (nSPS) is 30.4. The third-order valence-electron chi connectivity index (χ3n) is 5.77. The minimum Gasteiger partial charge on any atom is -0.350 e. The highest BCUT2D eigenvalue weighted by Gasteiger charge is 2.40. The summed E-state index contributed by atoms with van der Waals surface area (Å²) in [5.41, 5.74) is 2.35. The van der Waals surface area contributed by atoms with Gasteiger partial charge in [-0.1, -0.05) is 6.42 Å². The van der Waals surface area contributed by atoms with Crippen molar-refractivity contribution in [1.82, 2.24) is 15.1 Å². The number of hydrogen-bond acceptors (Lipinski definition) is 2. The predicted octanol–water partition coefficient (Wildman–Crippen LogP) is 2.66. The molecule has 1 N–H and O–H groups in total. The van der Waals surface area contributed by atoms with Gasteiger partial charge in [0.15, 0.2) is 0 Å². The van der Waals surface area contributed by atoms with Gasteiger partial charge in [-0.15, -0.1) is 0 Å². The van der Waals surface area contributed by atoms with Gasteiger partial charge in [0.05, 0.1) is 12.2 Å². The van der Waals surface area contributed by atoms with E-state index in [2.05, 4.69) is 21.2 Å². The molecule has 4 nitrogen and oxygen atoms in total. The molecule has 1 aliphatic heterocycles. The third kappa shape index (κ3) is 2.72. The van der Waals surface area contributed by atoms with Gasteiger partial charge in [-0.3, -0.25) is 9.48 Å². The van der Waals surface area contributed by atoms with E-state index in [1.54, 1.807) is 0 Å². The summed E-state index contributed by atoms with van der Waals surface area (Å²) in [6.45, 7) is 1.63. The van der Waals surface area contributed by atoms with Crippen molar-refractivity contribution in [3.8, 4) is 0 Å². The Hall–Kier alpha value is -1.32. The maximum Gasteiger partial charge on any atom is 0.220 e. The van der Waals surface area contributed by atoms with Gasteiger partial charge in [-0.25, -0.2) is 0 Å². The number of hydrogen-bond donors (Lipinski definition) is 1. The monoisotopic (exact) mass is 287 g/mol. The highest BCUT2D eigenvalue weighted by molar-refractivity contribution is 5.76. The number of aryl methyl sites for hydroxylation is 2. The molecule has 1 aromatic heterocycles. The van der Waals surface area contributed by atoms with Crippen LogP contribution >= 0.6 is 0 Å². The molecule has 0 radical (unpaired) electrons. The van der Waals surface area contributed by atoms with Crippen molar-refractivity contribution in [3.05, 3.63) is 17.5 Å². The molecule has 114 valence electrons. The Morgan fingerprint density at radius 1 is 1.33 bits per heavy atom. The number of amides is 1. The molecule has 2 fully saturated rings. The van der Waals surface area contributed by atoms with Crippen molar-refractivity contribution in [2.24, 2.45) is 17.8 Å². The van der Waals surface area contributed by atoms with E-state index >= 15 is 0 Å². The molecule has 2 aliphatic carbocycles. The minimum atomic E-state index is 0.221. The topological polar surface area (TPSA) is 46.9 Å². The van der Waals surface area contributed by atoms with Gasteiger partial charge in [-0.2, -0.15) is 5.10 Å². The van der Waals surface area contributed by atoms with Crippen LogP contribution in [-0.2, 0) is 24.3 Å². The molecule has 2 bridgehead atoms. The molecule has 3 unspecified atom stereocenters. The van der Waals surface area contributed by atoms with Crippen molar-refractivity contribution in [2.75, 3.05) is 0 Å². The molecule has 0 aromatic carbocycles. The van der Waals surface area contributed by atoms with Crippen LogP contribution < -0.4 is 5.32 Å². The molecule has 1 aromatic rings. The van der Waals surface area contributed by atoms with Crippen molar-refractivity contribution >= 4 is 5.91 Å². The summed E-state index contributed by atoms with van der Waals surface area (Å²) in [6, 6.07) is 2.16. The Bertz CT molecular complexity index is 513. The number of rotatable bonds is 4. The molecule has 4 heteroatoms. The number of nitrogens with one attached hydrogen (secondary N) is 1. The summed E-state index contributed by atoms with van der Waals surface area (Å²) in [4.78, 5) is 12.1. The third-order valence-corrected chi connectivity index (χ3v) is 5.77. The zero-order chi connectivity index (χ0) is 14.2. The quantitative estimate of drug-likeness (QED) is 0.925. The van der Waals surface area contributed by atoms with Crippen LogP contribution in [0.4, 0.5) is 0 Å². The molecule has 21 heavy (non-hydrogen) atoms. The van der Waals surface area contributed by atoms with E-state index < -0.39 is 0 Å². The largest absolute Gasteiger partial charge is 0.350 e. The van der Waals surface area contributed by atoms with Gasteiger partial charge >= 0.3 is 0 Å². The Labute approximate surface area is 126 Å². The molecule has 3 aliphatic rings. The molecule has 0 spiro atoms. The van der Waals surface area contributed by atoms with Gasteiger partial charge in [0.2, 0.25) is 5.91 Å². The summed E-state index contributed by atoms with van der Waals surface area (Å²) in [5, 5.41) is 7.67. The molecular formula is C17H25N3O. The predicted molar refractivity (Wildman–Crippen MR) is 80.6 cm³/mol. The average molecular weight is 287 g/mol. The second kappa shape index (κ2) is 5.47. The number of carbonyl (C=O) groups is 1. The van der Waals surface area contributed by atoms with E-state index in [-0.39, 0.29) is 5.91 Å². The molecular weight excluding hydrogens is 262 g/mol. The second-order valence-electron chi connectivity index (χ2n) is 7.22. The first-order valence-electron chi connectivity index (χ1n) is 8.60. The van der Waals surface area contributed by atoms with Crippen LogP contribution in [0.5, 0.6) is 0 Å². The maximum absolute atomic E-state index is 12.1. The van der Waals surface area contributed by atoms with Gasteiger partial charge in [0.25, 0.3) is 0 Å². The van der Waals surface area contributed by atoms with Crippen LogP contribution in [0.3, 0.4) is 0 Å². The molecule has 2 heterocycles. The van der Waals surface area contributed by atoms with Crippen LogP contribution in [0.25, 0.3) is 0 Å². The second-order valence-corrected chi connectivity index (χ2v) is 7.22. The maximum atomic E-state index is 12.1. The molecule has 1 amide bonds. The Kier molecular flexibility index (Phi) is 3.48. The molecule has 4 rings (SSSR count). The zero-order valence-corrected chi connectivity index (χ0v) is 12.7. The first kappa shape index (κ1) is 13.4. The molecule has 3 atom stereocenters. The number of fused-ring (bicyclic) bond motifs is 3. The van der Waals surface area contributed by atoms with Gasteiger partial charge in [0.1, 0.15) is 0 Å². The van der Waals surface area contributed by atoms with Crippen molar-refractivity contribution < 1.29 is 4.79 Å². The molecule has 0 saturated heterocycles. The fourth-order valence-electron chi connectivity index (χ4n) is 4.69.